The average Bonchev–Trinajstić information content (AvgIpc) is 2.92. The number of unbranched alkanes of at least 4 members (excludes halogenated alkanes) is 3. The van der Waals surface area contributed by atoms with Crippen LogP contribution in [0, 0.1) is 0 Å². The monoisotopic (exact) mass is 611 g/mol. The number of hydrogen-bond donors (Lipinski definition) is 0. The summed E-state index contributed by atoms with van der Waals surface area (Å²) < 4.78 is 33.7. The van der Waals surface area contributed by atoms with E-state index < -0.39 is 13.9 Å². The fourth-order valence-corrected chi connectivity index (χ4v) is 4.10. The summed E-state index contributed by atoms with van der Waals surface area (Å²) in [7, 11) is 1.31. The summed E-state index contributed by atoms with van der Waals surface area (Å²) in [6.07, 6.45) is 30.6. The van der Waals surface area contributed by atoms with Crippen molar-refractivity contribution >= 4 is 13.8 Å². The number of esters is 1. The van der Waals surface area contributed by atoms with E-state index in [1.165, 1.54) is 0 Å². The zero-order chi connectivity index (χ0) is 31.4. The molecule has 0 amide bonds. The van der Waals surface area contributed by atoms with Crippen LogP contribution in [0.3, 0.4) is 0 Å². The average molecular weight is 612 g/mol. The van der Waals surface area contributed by atoms with Gasteiger partial charge in [0.1, 0.15) is 19.3 Å². The number of carbonyl (C=O) groups excluding carboxylic acids is 1. The first-order valence-electron chi connectivity index (χ1n) is 15.5. The first kappa shape index (κ1) is 40.2. The largest absolute Gasteiger partial charge is 0.756 e. The Morgan fingerprint density at radius 2 is 1.33 bits per heavy atom. The summed E-state index contributed by atoms with van der Waals surface area (Å²) in [6.45, 7) is 4.87. The van der Waals surface area contributed by atoms with Crippen LogP contribution in [-0.2, 0) is 27.9 Å². The van der Waals surface area contributed by atoms with Gasteiger partial charge in [0.2, 0.25) is 0 Å². The Balaban J connectivity index is 4.17. The van der Waals surface area contributed by atoms with Crippen LogP contribution in [0.2, 0.25) is 0 Å². The van der Waals surface area contributed by atoms with Crippen molar-refractivity contribution in [1.82, 2.24) is 0 Å². The maximum atomic E-state index is 12.1. The maximum Gasteiger partial charge on any atom is 0.306 e. The molecule has 0 aliphatic heterocycles. The van der Waals surface area contributed by atoms with Gasteiger partial charge in [-0.1, -0.05) is 81.0 Å². The van der Waals surface area contributed by atoms with E-state index in [0.29, 0.717) is 24.1 Å². The van der Waals surface area contributed by atoms with Gasteiger partial charge in [-0.2, -0.15) is 0 Å². The second-order valence-electron chi connectivity index (χ2n) is 11.1. The van der Waals surface area contributed by atoms with Crippen molar-refractivity contribution < 1.29 is 37.3 Å². The molecular formula is C33H58NO7P. The van der Waals surface area contributed by atoms with Crippen molar-refractivity contribution in [3.63, 3.8) is 0 Å². The number of hydrogen-bond acceptors (Lipinski definition) is 7. The number of ether oxygens (including phenoxy) is 2. The van der Waals surface area contributed by atoms with Gasteiger partial charge in [0.25, 0.3) is 7.82 Å². The minimum atomic E-state index is -4.50. The summed E-state index contributed by atoms with van der Waals surface area (Å²) >= 11 is 0. The molecule has 0 radical (unpaired) electrons. The van der Waals surface area contributed by atoms with Crippen LogP contribution in [-0.4, -0.2) is 70.7 Å². The minimum Gasteiger partial charge on any atom is -0.756 e. The van der Waals surface area contributed by atoms with E-state index in [-0.39, 0.29) is 32.2 Å². The number of quaternary nitrogens is 1. The number of carbonyl (C=O) groups is 1. The van der Waals surface area contributed by atoms with Gasteiger partial charge in [0, 0.05) is 13.0 Å². The Bertz CT molecular complexity index is 859. The van der Waals surface area contributed by atoms with Crippen molar-refractivity contribution in [1.29, 1.82) is 0 Å². The molecule has 0 fully saturated rings. The van der Waals surface area contributed by atoms with E-state index in [4.69, 9.17) is 18.5 Å². The molecule has 0 saturated heterocycles. The van der Waals surface area contributed by atoms with Gasteiger partial charge >= 0.3 is 5.97 Å². The van der Waals surface area contributed by atoms with E-state index >= 15 is 0 Å². The van der Waals surface area contributed by atoms with Gasteiger partial charge in [-0.15, -0.1) is 0 Å². The van der Waals surface area contributed by atoms with Gasteiger partial charge in [-0.05, 0) is 57.8 Å². The molecule has 0 saturated carbocycles. The second-order valence-corrected chi connectivity index (χ2v) is 12.5. The molecule has 0 aromatic rings. The van der Waals surface area contributed by atoms with Crippen molar-refractivity contribution in [3.05, 3.63) is 60.8 Å². The molecule has 8 nitrogen and oxygen atoms in total. The first-order chi connectivity index (χ1) is 20.1. The molecule has 0 aliphatic carbocycles. The number of phosphoric acid groups is 1. The minimum absolute atomic E-state index is 0.0135. The lowest BCUT2D eigenvalue weighted by Crippen LogP contribution is -2.37. The van der Waals surface area contributed by atoms with Crippen LogP contribution in [0.5, 0.6) is 0 Å². The van der Waals surface area contributed by atoms with Gasteiger partial charge in [0.15, 0.2) is 0 Å². The Kier molecular flexibility index (Phi) is 25.7. The normalized spacial score (nSPS) is 15.1. The van der Waals surface area contributed by atoms with Crippen molar-refractivity contribution in [2.45, 2.75) is 90.6 Å². The lowest BCUT2D eigenvalue weighted by atomic mass is 10.2. The predicted molar refractivity (Wildman–Crippen MR) is 171 cm³/mol. The highest BCUT2D eigenvalue weighted by Gasteiger charge is 2.20. The summed E-state index contributed by atoms with van der Waals surface area (Å²) in [5.74, 6) is -0.390. The van der Waals surface area contributed by atoms with Crippen molar-refractivity contribution in [3.8, 4) is 0 Å². The first-order valence-corrected chi connectivity index (χ1v) is 17.0. The second kappa shape index (κ2) is 26.8. The molecule has 0 aliphatic rings. The Hall–Kier alpha value is -1.80. The van der Waals surface area contributed by atoms with E-state index in [9.17, 15) is 14.3 Å². The maximum absolute atomic E-state index is 12.1. The van der Waals surface area contributed by atoms with Crippen molar-refractivity contribution in [2.75, 3.05) is 54.1 Å². The third-order valence-electron chi connectivity index (χ3n) is 5.83. The lowest BCUT2D eigenvalue weighted by molar-refractivity contribution is -0.870. The molecular weight excluding hydrogens is 553 g/mol. The molecule has 2 atom stereocenters. The van der Waals surface area contributed by atoms with E-state index in [0.717, 1.165) is 57.8 Å². The summed E-state index contributed by atoms with van der Waals surface area (Å²) in [5.41, 5.74) is 0. The van der Waals surface area contributed by atoms with Gasteiger partial charge in [-0.3, -0.25) is 9.36 Å². The third-order valence-corrected chi connectivity index (χ3v) is 6.80. The number of nitrogens with zero attached hydrogens (tertiary/aromatic N) is 1. The predicted octanol–water partition coefficient (Wildman–Crippen LogP) is 7.23. The molecule has 0 aromatic carbocycles. The fourth-order valence-electron chi connectivity index (χ4n) is 3.37. The Morgan fingerprint density at radius 1 is 0.762 bits per heavy atom. The van der Waals surface area contributed by atoms with Crippen LogP contribution in [0.1, 0.15) is 84.5 Å². The molecule has 0 aromatic heterocycles. The fraction of sp³-hybridized carbons (Fsp3) is 0.667. The van der Waals surface area contributed by atoms with Crippen LogP contribution in [0.15, 0.2) is 60.8 Å². The zero-order valence-corrected chi connectivity index (χ0v) is 27.8. The standard InChI is InChI=1S/C33H58NO7P/c1-6-8-10-11-12-13-14-15-16-17-18-19-20-21-22-23-24-25-28-38-30-32(41-33(35)26-9-7-2)31-40-42(36,37)39-29-27-34(3,4)5/h8,10,12-13,15-16,18-19,21-22,32H,6-7,9,11,14,17,20,23-31H2,1-5H3/b10-8-,13-12-,16-15-,19-18-,22-21-. The third kappa shape index (κ3) is 29.7. The molecule has 0 spiro atoms. The summed E-state index contributed by atoms with van der Waals surface area (Å²) in [6, 6.07) is 0. The Labute approximate surface area is 256 Å². The highest BCUT2D eigenvalue weighted by atomic mass is 31.2. The highest BCUT2D eigenvalue weighted by molar-refractivity contribution is 7.45. The molecule has 0 bridgehead atoms. The van der Waals surface area contributed by atoms with Crippen LogP contribution < -0.4 is 4.89 Å². The lowest BCUT2D eigenvalue weighted by Gasteiger charge is -2.28. The van der Waals surface area contributed by atoms with E-state index in [1.54, 1.807) is 0 Å². The number of likely N-dealkylation sites (N-methyl/N-ethyl adjacent to an activating group) is 1. The SMILES string of the molecule is CC/C=C\C/C=C\C/C=C\C/C=C\C/C=C\CCCCOCC(COP(=O)([O-])OCC[N+](C)(C)C)OC(=O)CCCC. The zero-order valence-electron chi connectivity index (χ0n) is 26.9. The molecule has 9 heteroatoms. The molecule has 0 heterocycles. The molecule has 2 unspecified atom stereocenters. The van der Waals surface area contributed by atoms with Crippen LogP contribution >= 0.6 is 7.82 Å². The highest BCUT2D eigenvalue weighted by Crippen LogP contribution is 2.38. The quantitative estimate of drug-likeness (QED) is 0.0318. The van der Waals surface area contributed by atoms with E-state index in [2.05, 4.69) is 67.7 Å². The topological polar surface area (TPSA) is 94.1 Å². The summed E-state index contributed by atoms with van der Waals surface area (Å²) in [4.78, 5) is 24.2. The smallest absolute Gasteiger partial charge is 0.306 e. The Morgan fingerprint density at radius 3 is 1.88 bits per heavy atom. The van der Waals surface area contributed by atoms with Gasteiger partial charge in [0.05, 0.1) is 34.4 Å². The van der Waals surface area contributed by atoms with Crippen molar-refractivity contribution in [2.24, 2.45) is 0 Å². The molecule has 42 heavy (non-hydrogen) atoms. The number of rotatable bonds is 27. The van der Waals surface area contributed by atoms with Crippen LogP contribution in [0.25, 0.3) is 0 Å². The number of phosphoric ester groups is 1. The molecule has 0 N–H and O–H groups in total. The molecule has 242 valence electrons. The van der Waals surface area contributed by atoms with E-state index in [1.807, 2.05) is 28.1 Å². The van der Waals surface area contributed by atoms with Gasteiger partial charge < -0.3 is 27.9 Å². The van der Waals surface area contributed by atoms with Crippen LogP contribution in [0.4, 0.5) is 0 Å². The van der Waals surface area contributed by atoms with Gasteiger partial charge in [-0.25, -0.2) is 0 Å². The number of allylic oxidation sites excluding steroid dienone is 10. The summed E-state index contributed by atoms with van der Waals surface area (Å²) in [5, 5.41) is 0. The molecule has 0 rings (SSSR count).